The van der Waals surface area contributed by atoms with E-state index < -0.39 is 6.04 Å². The van der Waals surface area contributed by atoms with E-state index in [-0.39, 0.29) is 36.4 Å². The van der Waals surface area contributed by atoms with E-state index in [9.17, 15) is 9.59 Å². The van der Waals surface area contributed by atoms with Crippen LogP contribution in [0.2, 0.25) is 5.02 Å². The van der Waals surface area contributed by atoms with Gasteiger partial charge in [-0.15, -0.1) is 0 Å². The highest BCUT2D eigenvalue weighted by Gasteiger charge is 2.30. The van der Waals surface area contributed by atoms with Gasteiger partial charge in [0.1, 0.15) is 11.8 Å². The fraction of sp³-hybridized carbons (Fsp3) is 0.481. The minimum Gasteiger partial charge on any atom is -0.484 e. The molecule has 0 saturated heterocycles. The summed E-state index contributed by atoms with van der Waals surface area (Å²) in [5.41, 5.74) is 2.02. The molecule has 180 valence electrons. The topological polar surface area (TPSA) is 58.6 Å². The third-order valence-electron chi connectivity index (χ3n) is 5.77. The second kappa shape index (κ2) is 12.1. The average molecular weight is 473 g/mol. The summed E-state index contributed by atoms with van der Waals surface area (Å²) in [6.07, 6.45) is 1.30. The molecule has 0 aliphatic carbocycles. The summed E-state index contributed by atoms with van der Waals surface area (Å²) in [6, 6.07) is 14.5. The van der Waals surface area contributed by atoms with Crippen LogP contribution in [0.1, 0.15) is 65.5 Å². The van der Waals surface area contributed by atoms with Crippen LogP contribution >= 0.6 is 11.6 Å². The Kier molecular flexibility index (Phi) is 9.78. The molecule has 0 bridgehead atoms. The molecule has 5 nitrogen and oxygen atoms in total. The fourth-order valence-corrected chi connectivity index (χ4v) is 3.65. The van der Waals surface area contributed by atoms with Gasteiger partial charge < -0.3 is 15.0 Å². The van der Waals surface area contributed by atoms with Crippen LogP contribution in [0.4, 0.5) is 0 Å². The van der Waals surface area contributed by atoms with E-state index in [0.717, 1.165) is 12.0 Å². The molecule has 2 aromatic carbocycles. The Balaban J connectivity index is 2.21. The molecule has 0 unspecified atom stereocenters. The first kappa shape index (κ1) is 26.7. The van der Waals surface area contributed by atoms with Crippen LogP contribution in [0.25, 0.3) is 0 Å². The summed E-state index contributed by atoms with van der Waals surface area (Å²) in [4.78, 5) is 27.9. The van der Waals surface area contributed by atoms with E-state index >= 15 is 0 Å². The number of nitrogens with zero attached hydrogens (tertiary/aromatic N) is 1. The molecule has 33 heavy (non-hydrogen) atoms. The van der Waals surface area contributed by atoms with E-state index in [1.807, 2.05) is 63.2 Å². The number of nitrogens with one attached hydrogen (secondary N) is 1. The summed E-state index contributed by atoms with van der Waals surface area (Å²) in [5.74, 6) is 0.189. The van der Waals surface area contributed by atoms with Gasteiger partial charge in [0.05, 0.1) is 0 Å². The number of amides is 2. The van der Waals surface area contributed by atoms with Crippen molar-refractivity contribution in [3.05, 3.63) is 64.7 Å². The molecule has 0 spiro atoms. The molecule has 2 rings (SSSR count). The van der Waals surface area contributed by atoms with E-state index in [1.165, 1.54) is 5.56 Å². The van der Waals surface area contributed by atoms with Gasteiger partial charge in [-0.05, 0) is 54.5 Å². The molecule has 1 N–H and O–H groups in total. The van der Waals surface area contributed by atoms with Gasteiger partial charge in [-0.25, -0.2) is 0 Å². The minimum atomic E-state index is -0.616. The number of ether oxygens (including phenoxy) is 1. The Bertz CT molecular complexity index is 922. The van der Waals surface area contributed by atoms with Gasteiger partial charge >= 0.3 is 0 Å². The Hall–Kier alpha value is -2.53. The van der Waals surface area contributed by atoms with Crippen molar-refractivity contribution < 1.29 is 14.3 Å². The summed E-state index contributed by atoms with van der Waals surface area (Å²) in [5, 5.41) is 3.57. The van der Waals surface area contributed by atoms with E-state index in [0.29, 0.717) is 17.2 Å². The highest BCUT2D eigenvalue weighted by atomic mass is 35.5. The number of carbonyl (C=O) groups excluding carboxylic acids is 2. The number of benzene rings is 2. The predicted molar refractivity (Wildman–Crippen MR) is 135 cm³/mol. The lowest BCUT2D eigenvalue weighted by Gasteiger charge is -2.31. The van der Waals surface area contributed by atoms with Crippen LogP contribution < -0.4 is 10.1 Å². The Morgan fingerprint density at radius 2 is 1.67 bits per heavy atom. The maximum absolute atomic E-state index is 13.3. The highest BCUT2D eigenvalue weighted by molar-refractivity contribution is 6.31. The molecule has 0 heterocycles. The summed E-state index contributed by atoms with van der Waals surface area (Å²) >= 11 is 6.36. The van der Waals surface area contributed by atoms with Crippen molar-refractivity contribution in [2.24, 2.45) is 0 Å². The fourth-order valence-electron chi connectivity index (χ4n) is 3.45. The lowest BCUT2D eigenvalue weighted by atomic mass is 9.87. The maximum atomic E-state index is 13.3. The lowest BCUT2D eigenvalue weighted by Crippen LogP contribution is -2.51. The molecule has 2 amide bonds. The Morgan fingerprint density at radius 3 is 2.21 bits per heavy atom. The molecular weight excluding hydrogens is 436 g/mol. The zero-order valence-corrected chi connectivity index (χ0v) is 21.4. The normalized spacial score (nSPS) is 13.2. The van der Waals surface area contributed by atoms with Crippen molar-refractivity contribution in [3.63, 3.8) is 0 Å². The van der Waals surface area contributed by atoms with Crippen molar-refractivity contribution in [2.75, 3.05) is 6.61 Å². The van der Waals surface area contributed by atoms with Crippen molar-refractivity contribution in [3.8, 4) is 5.75 Å². The predicted octanol–water partition coefficient (Wildman–Crippen LogP) is 5.74. The molecule has 0 aliphatic rings. The smallest absolute Gasteiger partial charge is 0.261 e. The van der Waals surface area contributed by atoms with Crippen molar-refractivity contribution >= 4 is 23.4 Å². The number of rotatable bonds is 10. The monoisotopic (exact) mass is 472 g/mol. The second-order valence-electron chi connectivity index (χ2n) is 9.42. The van der Waals surface area contributed by atoms with E-state index in [2.05, 4.69) is 26.1 Å². The molecule has 0 radical (unpaired) electrons. The van der Waals surface area contributed by atoms with Crippen molar-refractivity contribution in [2.45, 2.75) is 78.4 Å². The van der Waals surface area contributed by atoms with E-state index in [4.69, 9.17) is 16.3 Å². The van der Waals surface area contributed by atoms with Crippen LogP contribution in [0.15, 0.2) is 48.5 Å². The minimum absolute atomic E-state index is 0.0291. The van der Waals surface area contributed by atoms with Crippen LogP contribution in [0.5, 0.6) is 5.75 Å². The van der Waals surface area contributed by atoms with Crippen LogP contribution in [0, 0.1) is 0 Å². The SMILES string of the molecule is CC[C@H](C)NC(=O)[C@H](CC)N(Cc1ccccc1Cl)C(=O)COc1ccc(C(C)(C)C)cc1. The first-order valence-electron chi connectivity index (χ1n) is 11.6. The van der Waals surface area contributed by atoms with Gasteiger partial charge in [0.25, 0.3) is 5.91 Å². The Labute approximate surface area is 203 Å². The lowest BCUT2D eigenvalue weighted by molar-refractivity contribution is -0.143. The largest absolute Gasteiger partial charge is 0.484 e. The van der Waals surface area contributed by atoms with Gasteiger partial charge in [0.2, 0.25) is 5.91 Å². The van der Waals surface area contributed by atoms with Gasteiger partial charge in [-0.3, -0.25) is 9.59 Å². The summed E-state index contributed by atoms with van der Waals surface area (Å²) in [6.45, 7) is 12.4. The quantitative estimate of drug-likeness (QED) is 0.479. The van der Waals surface area contributed by atoms with Crippen molar-refractivity contribution in [1.29, 1.82) is 0 Å². The number of halogens is 1. The van der Waals surface area contributed by atoms with Crippen LogP contribution in [-0.4, -0.2) is 35.4 Å². The second-order valence-corrected chi connectivity index (χ2v) is 9.83. The molecular formula is C27H37ClN2O3. The van der Waals surface area contributed by atoms with Crippen LogP contribution in [-0.2, 0) is 21.5 Å². The third-order valence-corrected chi connectivity index (χ3v) is 6.14. The first-order valence-corrected chi connectivity index (χ1v) is 12.0. The van der Waals surface area contributed by atoms with Gasteiger partial charge in [-0.2, -0.15) is 0 Å². The van der Waals surface area contributed by atoms with Gasteiger partial charge in [0, 0.05) is 17.6 Å². The Morgan fingerprint density at radius 1 is 1.03 bits per heavy atom. The van der Waals surface area contributed by atoms with Crippen LogP contribution in [0.3, 0.4) is 0 Å². The van der Waals surface area contributed by atoms with Crippen molar-refractivity contribution in [1.82, 2.24) is 10.2 Å². The van der Waals surface area contributed by atoms with E-state index in [1.54, 1.807) is 11.0 Å². The average Bonchev–Trinajstić information content (AvgIpc) is 2.78. The number of hydrogen-bond acceptors (Lipinski definition) is 3. The molecule has 2 aromatic rings. The highest BCUT2D eigenvalue weighted by Crippen LogP contribution is 2.25. The summed E-state index contributed by atoms with van der Waals surface area (Å²) in [7, 11) is 0. The molecule has 0 aromatic heterocycles. The first-order chi connectivity index (χ1) is 15.6. The molecule has 0 fully saturated rings. The number of carbonyl (C=O) groups is 2. The standard InChI is InChI=1S/C27H37ClN2O3/c1-7-19(3)29-26(32)24(8-2)30(17-20-11-9-10-12-23(20)28)25(31)18-33-22-15-13-21(14-16-22)27(4,5)6/h9-16,19,24H,7-8,17-18H2,1-6H3,(H,29,32)/t19-,24-/m0/s1. The van der Waals surface area contributed by atoms with Gasteiger partial charge in [-0.1, -0.05) is 76.6 Å². The molecule has 0 aliphatic heterocycles. The maximum Gasteiger partial charge on any atom is 0.261 e. The molecule has 2 atom stereocenters. The third kappa shape index (κ3) is 7.78. The summed E-state index contributed by atoms with van der Waals surface area (Å²) < 4.78 is 5.81. The molecule has 0 saturated carbocycles. The number of hydrogen-bond donors (Lipinski definition) is 1. The zero-order chi connectivity index (χ0) is 24.6. The van der Waals surface area contributed by atoms with Gasteiger partial charge in [0.15, 0.2) is 6.61 Å². The molecule has 6 heteroatoms. The zero-order valence-electron chi connectivity index (χ0n) is 20.7.